The maximum absolute atomic E-state index is 13.3. The molecule has 2 rings (SSSR count). The Labute approximate surface area is 123 Å². The van der Waals surface area contributed by atoms with Crippen molar-refractivity contribution < 1.29 is 12.8 Å². The number of anilines is 1. The standard InChI is InChI=1S/C15H13FN2O2S/c1-2-18(14-7-4-6-13(16)10-14)21(19,20)15-8-3-5-12(9-15)11-17/h3-10H,2H2,1H3. The van der Waals surface area contributed by atoms with Crippen molar-refractivity contribution in [3.8, 4) is 6.07 Å². The van der Waals surface area contributed by atoms with E-state index in [0.717, 1.165) is 10.4 Å². The normalized spacial score (nSPS) is 10.9. The third-order valence-corrected chi connectivity index (χ3v) is 4.83. The first-order valence-electron chi connectivity index (χ1n) is 6.27. The first kappa shape index (κ1) is 15.0. The fourth-order valence-corrected chi connectivity index (χ4v) is 3.49. The van der Waals surface area contributed by atoms with Crippen LogP contribution in [0.2, 0.25) is 0 Å². The average Bonchev–Trinajstić information content (AvgIpc) is 2.48. The second-order valence-electron chi connectivity index (χ2n) is 4.29. The molecule has 2 aromatic rings. The molecule has 6 heteroatoms. The van der Waals surface area contributed by atoms with Gasteiger partial charge in [0, 0.05) is 6.54 Å². The van der Waals surface area contributed by atoms with Crippen LogP contribution < -0.4 is 4.31 Å². The van der Waals surface area contributed by atoms with Crippen LogP contribution >= 0.6 is 0 Å². The molecule has 0 heterocycles. The van der Waals surface area contributed by atoms with Gasteiger partial charge in [0.1, 0.15) is 5.82 Å². The summed E-state index contributed by atoms with van der Waals surface area (Å²) >= 11 is 0. The first-order chi connectivity index (χ1) is 9.98. The largest absolute Gasteiger partial charge is 0.267 e. The van der Waals surface area contributed by atoms with Crippen molar-refractivity contribution in [2.45, 2.75) is 11.8 Å². The molecule has 0 aromatic heterocycles. The van der Waals surface area contributed by atoms with Crippen molar-refractivity contribution in [2.75, 3.05) is 10.8 Å². The van der Waals surface area contributed by atoms with Gasteiger partial charge >= 0.3 is 0 Å². The fourth-order valence-electron chi connectivity index (χ4n) is 1.98. The molecule has 108 valence electrons. The van der Waals surface area contributed by atoms with Crippen LogP contribution in [-0.2, 0) is 10.0 Å². The van der Waals surface area contributed by atoms with Crippen molar-refractivity contribution in [3.05, 3.63) is 59.9 Å². The molecule has 0 unspecified atom stereocenters. The van der Waals surface area contributed by atoms with Gasteiger partial charge in [-0.15, -0.1) is 0 Å². The number of rotatable bonds is 4. The highest BCUT2D eigenvalue weighted by molar-refractivity contribution is 7.92. The molecule has 0 saturated carbocycles. The van der Waals surface area contributed by atoms with E-state index in [0.29, 0.717) is 0 Å². The van der Waals surface area contributed by atoms with Gasteiger partial charge in [-0.3, -0.25) is 4.31 Å². The van der Waals surface area contributed by atoms with E-state index < -0.39 is 15.8 Å². The number of hydrogen-bond donors (Lipinski definition) is 0. The lowest BCUT2D eigenvalue weighted by molar-refractivity contribution is 0.591. The van der Waals surface area contributed by atoms with E-state index in [2.05, 4.69) is 0 Å². The van der Waals surface area contributed by atoms with Crippen LogP contribution in [0, 0.1) is 17.1 Å². The minimum absolute atomic E-state index is 0.00709. The third kappa shape index (κ3) is 3.03. The summed E-state index contributed by atoms with van der Waals surface area (Å²) in [7, 11) is -3.84. The number of benzene rings is 2. The summed E-state index contributed by atoms with van der Waals surface area (Å²) in [4.78, 5) is 0.00709. The molecule has 4 nitrogen and oxygen atoms in total. The predicted octanol–water partition coefficient (Wildman–Crippen LogP) is 2.91. The van der Waals surface area contributed by atoms with Gasteiger partial charge < -0.3 is 0 Å². The lowest BCUT2D eigenvalue weighted by atomic mass is 10.2. The van der Waals surface area contributed by atoms with E-state index >= 15 is 0 Å². The molecule has 0 atom stereocenters. The van der Waals surface area contributed by atoms with Gasteiger partial charge in [0.2, 0.25) is 0 Å². The monoisotopic (exact) mass is 304 g/mol. The van der Waals surface area contributed by atoms with Crippen molar-refractivity contribution in [2.24, 2.45) is 0 Å². The van der Waals surface area contributed by atoms with Crippen LogP contribution in [0.5, 0.6) is 0 Å². The van der Waals surface area contributed by atoms with E-state index in [-0.39, 0.29) is 22.7 Å². The van der Waals surface area contributed by atoms with Gasteiger partial charge in [0.15, 0.2) is 0 Å². The summed E-state index contributed by atoms with van der Waals surface area (Å²) in [5.41, 5.74) is 0.506. The molecule has 0 aliphatic rings. The highest BCUT2D eigenvalue weighted by Gasteiger charge is 2.24. The van der Waals surface area contributed by atoms with Gasteiger partial charge in [-0.2, -0.15) is 5.26 Å². The second kappa shape index (κ2) is 5.94. The SMILES string of the molecule is CCN(c1cccc(F)c1)S(=O)(=O)c1cccc(C#N)c1. The molecule has 0 N–H and O–H groups in total. The van der Waals surface area contributed by atoms with Crippen molar-refractivity contribution >= 4 is 15.7 Å². The van der Waals surface area contributed by atoms with Crippen molar-refractivity contribution in [1.29, 1.82) is 5.26 Å². The van der Waals surface area contributed by atoms with Crippen LogP contribution in [0.15, 0.2) is 53.4 Å². The van der Waals surface area contributed by atoms with Crippen LogP contribution in [0.1, 0.15) is 12.5 Å². The van der Waals surface area contributed by atoms with E-state index in [1.54, 1.807) is 6.92 Å². The van der Waals surface area contributed by atoms with Gasteiger partial charge in [0.25, 0.3) is 10.0 Å². The highest BCUT2D eigenvalue weighted by Crippen LogP contribution is 2.24. The average molecular weight is 304 g/mol. The van der Waals surface area contributed by atoms with Crippen LogP contribution in [0.4, 0.5) is 10.1 Å². The van der Waals surface area contributed by atoms with Crippen LogP contribution in [0.3, 0.4) is 0 Å². The Morgan fingerprint density at radius 3 is 2.52 bits per heavy atom. The molecule has 0 spiro atoms. The van der Waals surface area contributed by atoms with Crippen molar-refractivity contribution in [1.82, 2.24) is 0 Å². The Hall–Kier alpha value is -2.39. The molecule has 0 bridgehead atoms. The first-order valence-corrected chi connectivity index (χ1v) is 7.71. The van der Waals surface area contributed by atoms with E-state index in [1.807, 2.05) is 6.07 Å². The highest BCUT2D eigenvalue weighted by atomic mass is 32.2. The van der Waals surface area contributed by atoms with Crippen LogP contribution in [-0.4, -0.2) is 15.0 Å². The molecular formula is C15H13FN2O2S. The predicted molar refractivity (Wildman–Crippen MR) is 77.8 cm³/mol. The van der Waals surface area contributed by atoms with Gasteiger partial charge in [-0.05, 0) is 43.3 Å². The molecule has 0 saturated heterocycles. The molecule has 0 radical (unpaired) electrons. The summed E-state index contributed by atoms with van der Waals surface area (Å²) in [6, 6.07) is 13.0. The summed E-state index contributed by atoms with van der Waals surface area (Å²) < 4.78 is 39.7. The number of halogens is 1. The molecule has 0 fully saturated rings. The minimum Gasteiger partial charge on any atom is -0.267 e. The molecular weight excluding hydrogens is 291 g/mol. The molecule has 21 heavy (non-hydrogen) atoms. The number of hydrogen-bond acceptors (Lipinski definition) is 3. The molecule has 0 aliphatic carbocycles. The maximum Gasteiger partial charge on any atom is 0.264 e. The van der Waals surface area contributed by atoms with Gasteiger partial charge in [0.05, 0.1) is 22.2 Å². The Morgan fingerprint density at radius 2 is 1.90 bits per heavy atom. The smallest absolute Gasteiger partial charge is 0.264 e. The summed E-state index contributed by atoms with van der Waals surface area (Å²) in [5.74, 6) is -0.507. The van der Waals surface area contributed by atoms with E-state index in [4.69, 9.17) is 5.26 Å². The molecule has 0 aliphatic heterocycles. The van der Waals surface area contributed by atoms with Gasteiger partial charge in [-0.25, -0.2) is 12.8 Å². The fraction of sp³-hybridized carbons (Fsp3) is 0.133. The van der Waals surface area contributed by atoms with Crippen LogP contribution in [0.25, 0.3) is 0 Å². The van der Waals surface area contributed by atoms with Gasteiger partial charge in [-0.1, -0.05) is 12.1 Å². The molecule has 0 amide bonds. The Balaban J connectivity index is 2.52. The topological polar surface area (TPSA) is 61.2 Å². The summed E-state index contributed by atoms with van der Waals surface area (Å²) in [6.07, 6.45) is 0. The summed E-state index contributed by atoms with van der Waals surface area (Å²) in [5, 5.41) is 8.87. The Kier molecular flexibility index (Phi) is 4.24. The zero-order chi connectivity index (χ0) is 15.5. The molecule has 2 aromatic carbocycles. The van der Waals surface area contributed by atoms with E-state index in [1.165, 1.54) is 42.5 Å². The quantitative estimate of drug-likeness (QED) is 0.872. The Morgan fingerprint density at radius 1 is 1.19 bits per heavy atom. The summed E-state index contributed by atoms with van der Waals surface area (Å²) in [6.45, 7) is 1.82. The third-order valence-electron chi connectivity index (χ3n) is 2.93. The maximum atomic E-state index is 13.3. The zero-order valence-electron chi connectivity index (χ0n) is 11.3. The Bertz CT molecular complexity index is 797. The number of nitriles is 1. The lowest BCUT2D eigenvalue weighted by Gasteiger charge is -2.23. The number of nitrogens with zero attached hydrogens (tertiary/aromatic N) is 2. The van der Waals surface area contributed by atoms with E-state index in [9.17, 15) is 12.8 Å². The van der Waals surface area contributed by atoms with Crippen molar-refractivity contribution in [3.63, 3.8) is 0 Å². The second-order valence-corrected chi connectivity index (χ2v) is 6.15. The minimum atomic E-state index is -3.84. The number of sulfonamides is 1. The lowest BCUT2D eigenvalue weighted by Crippen LogP contribution is -2.30. The zero-order valence-corrected chi connectivity index (χ0v) is 12.1.